The molecule has 5 heteroatoms. The van der Waals surface area contributed by atoms with Gasteiger partial charge in [0.2, 0.25) is 0 Å². The zero-order valence-electron chi connectivity index (χ0n) is 7.71. The molecule has 0 fully saturated rings. The molecule has 0 amide bonds. The number of ether oxygens (including phenoxy) is 1. The van der Waals surface area contributed by atoms with Crippen LogP contribution in [0.3, 0.4) is 0 Å². The molecule has 1 heterocycles. The number of anilines is 1. The van der Waals surface area contributed by atoms with Crippen molar-refractivity contribution in [2.24, 2.45) is 0 Å². The summed E-state index contributed by atoms with van der Waals surface area (Å²) in [6, 6.07) is 5.38. The summed E-state index contributed by atoms with van der Waals surface area (Å²) >= 11 is 0. The Hall–Kier alpha value is -2.04. The first-order valence-corrected chi connectivity index (χ1v) is 4.11. The topological polar surface area (TPSA) is 66.0 Å². The first-order chi connectivity index (χ1) is 6.81. The Kier molecular flexibility index (Phi) is 2.06. The van der Waals surface area contributed by atoms with E-state index in [4.69, 9.17) is 10.5 Å². The van der Waals surface area contributed by atoms with Gasteiger partial charge in [-0.1, -0.05) is 0 Å². The van der Waals surface area contributed by atoms with Gasteiger partial charge in [-0.2, -0.15) is 15.0 Å². The highest BCUT2D eigenvalue weighted by Gasteiger charge is 2.02. The Morgan fingerprint density at radius 2 is 2.00 bits per heavy atom. The quantitative estimate of drug-likeness (QED) is 0.713. The van der Waals surface area contributed by atoms with Crippen LogP contribution in [0.1, 0.15) is 0 Å². The van der Waals surface area contributed by atoms with Crippen LogP contribution in [0.15, 0.2) is 30.6 Å². The van der Waals surface area contributed by atoms with Crippen molar-refractivity contribution in [1.29, 1.82) is 0 Å². The van der Waals surface area contributed by atoms with Gasteiger partial charge in [-0.25, -0.2) is 0 Å². The fourth-order valence-electron chi connectivity index (χ4n) is 1.17. The summed E-state index contributed by atoms with van der Waals surface area (Å²) < 4.78 is 5.09. The number of nitrogens with two attached hydrogens (primary N) is 1. The summed E-state index contributed by atoms with van der Waals surface area (Å²) in [4.78, 5) is 1.50. The molecule has 0 bridgehead atoms. The predicted molar refractivity (Wildman–Crippen MR) is 52.3 cm³/mol. The molecule has 0 saturated heterocycles. The number of benzene rings is 1. The van der Waals surface area contributed by atoms with E-state index < -0.39 is 0 Å². The molecule has 1 aromatic carbocycles. The normalized spacial score (nSPS) is 10.1. The number of nitrogens with zero attached hydrogens (tertiary/aromatic N) is 3. The van der Waals surface area contributed by atoms with E-state index >= 15 is 0 Å². The highest BCUT2D eigenvalue weighted by atomic mass is 16.5. The standard InChI is InChI=1S/C9H10N4O/c1-14-9-6-7(2-3-8(9)10)13-11-4-5-12-13/h2-6H,10H2,1H3. The van der Waals surface area contributed by atoms with Crippen molar-refractivity contribution in [1.82, 2.24) is 15.0 Å². The Balaban J connectivity index is 2.46. The Bertz CT molecular complexity index is 424. The van der Waals surface area contributed by atoms with Crippen LogP contribution in [0.4, 0.5) is 5.69 Å². The van der Waals surface area contributed by atoms with Gasteiger partial charge in [0.25, 0.3) is 0 Å². The molecule has 1 aromatic heterocycles. The highest BCUT2D eigenvalue weighted by Crippen LogP contribution is 2.23. The van der Waals surface area contributed by atoms with E-state index in [1.807, 2.05) is 6.07 Å². The molecule has 0 aliphatic rings. The second kappa shape index (κ2) is 3.37. The molecule has 0 saturated carbocycles. The monoisotopic (exact) mass is 190 g/mol. The highest BCUT2D eigenvalue weighted by molar-refractivity contribution is 5.56. The van der Waals surface area contributed by atoms with Crippen molar-refractivity contribution >= 4 is 5.69 Å². The van der Waals surface area contributed by atoms with Gasteiger partial charge in [-0.05, 0) is 12.1 Å². The smallest absolute Gasteiger partial charge is 0.143 e. The van der Waals surface area contributed by atoms with Gasteiger partial charge >= 0.3 is 0 Å². The van der Waals surface area contributed by atoms with Crippen molar-refractivity contribution in [3.63, 3.8) is 0 Å². The van der Waals surface area contributed by atoms with Crippen LogP contribution in [-0.2, 0) is 0 Å². The number of methoxy groups -OCH3 is 1. The molecule has 2 N–H and O–H groups in total. The molecule has 0 unspecified atom stereocenters. The van der Waals surface area contributed by atoms with Crippen LogP contribution < -0.4 is 10.5 Å². The maximum absolute atomic E-state index is 5.68. The lowest BCUT2D eigenvalue weighted by atomic mass is 10.2. The van der Waals surface area contributed by atoms with E-state index in [0.29, 0.717) is 11.4 Å². The summed E-state index contributed by atoms with van der Waals surface area (Å²) in [6.45, 7) is 0. The van der Waals surface area contributed by atoms with Crippen LogP contribution in [-0.4, -0.2) is 22.1 Å². The lowest BCUT2D eigenvalue weighted by molar-refractivity contribution is 0.416. The molecule has 2 aromatic rings. The zero-order chi connectivity index (χ0) is 9.97. The second-order valence-corrected chi connectivity index (χ2v) is 2.74. The van der Waals surface area contributed by atoms with Crippen LogP contribution in [0.2, 0.25) is 0 Å². The molecule has 72 valence electrons. The van der Waals surface area contributed by atoms with Gasteiger partial charge in [0.1, 0.15) is 5.75 Å². The first-order valence-electron chi connectivity index (χ1n) is 4.11. The largest absolute Gasteiger partial charge is 0.495 e. The summed E-state index contributed by atoms with van der Waals surface area (Å²) in [6.07, 6.45) is 3.23. The van der Waals surface area contributed by atoms with Crippen molar-refractivity contribution in [3.8, 4) is 11.4 Å². The molecular weight excluding hydrogens is 180 g/mol. The minimum absolute atomic E-state index is 0.600. The lowest BCUT2D eigenvalue weighted by Crippen LogP contribution is -2.00. The number of rotatable bonds is 2. The Morgan fingerprint density at radius 1 is 1.29 bits per heavy atom. The minimum atomic E-state index is 0.600. The van der Waals surface area contributed by atoms with Crippen molar-refractivity contribution < 1.29 is 4.74 Å². The number of hydrogen-bond acceptors (Lipinski definition) is 4. The van der Waals surface area contributed by atoms with Gasteiger partial charge in [-0.3, -0.25) is 0 Å². The molecule has 5 nitrogen and oxygen atoms in total. The molecule has 0 atom stereocenters. The van der Waals surface area contributed by atoms with E-state index in [9.17, 15) is 0 Å². The zero-order valence-corrected chi connectivity index (χ0v) is 7.71. The third kappa shape index (κ3) is 1.39. The number of nitrogen functional groups attached to an aromatic ring is 1. The Labute approximate surface area is 81.1 Å². The summed E-state index contributed by atoms with van der Waals surface area (Å²) in [7, 11) is 1.58. The van der Waals surface area contributed by atoms with E-state index in [0.717, 1.165) is 5.69 Å². The van der Waals surface area contributed by atoms with E-state index in [2.05, 4.69) is 10.2 Å². The molecule has 2 rings (SSSR count). The summed E-state index contributed by atoms with van der Waals surface area (Å²) in [5, 5.41) is 8.00. The van der Waals surface area contributed by atoms with Crippen molar-refractivity contribution in [3.05, 3.63) is 30.6 Å². The Morgan fingerprint density at radius 3 is 2.64 bits per heavy atom. The van der Waals surface area contributed by atoms with Crippen LogP contribution in [0.5, 0.6) is 5.75 Å². The number of aromatic nitrogens is 3. The van der Waals surface area contributed by atoms with Crippen molar-refractivity contribution in [2.75, 3.05) is 12.8 Å². The number of hydrogen-bond donors (Lipinski definition) is 1. The molecular formula is C9H10N4O. The third-order valence-corrected chi connectivity index (χ3v) is 1.87. The van der Waals surface area contributed by atoms with E-state index in [1.54, 1.807) is 31.6 Å². The molecule has 0 aliphatic carbocycles. The molecule has 0 aliphatic heterocycles. The summed E-state index contributed by atoms with van der Waals surface area (Å²) in [5.74, 6) is 0.625. The van der Waals surface area contributed by atoms with E-state index in [-0.39, 0.29) is 0 Å². The van der Waals surface area contributed by atoms with Crippen LogP contribution in [0, 0.1) is 0 Å². The average Bonchev–Trinajstić information content (AvgIpc) is 2.71. The first kappa shape index (κ1) is 8.55. The van der Waals surface area contributed by atoms with Gasteiger partial charge in [0.15, 0.2) is 0 Å². The van der Waals surface area contributed by atoms with Crippen molar-refractivity contribution in [2.45, 2.75) is 0 Å². The maximum Gasteiger partial charge on any atom is 0.143 e. The summed E-state index contributed by atoms with van der Waals surface area (Å²) in [5.41, 5.74) is 7.10. The van der Waals surface area contributed by atoms with Gasteiger partial charge < -0.3 is 10.5 Å². The fourth-order valence-corrected chi connectivity index (χ4v) is 1.17. The average molecular weight is 190 g/mol. The van der Waals surface area contributed by atoms with Gasteiger partial charge in [0.05, 0.1) is 30.9 Å². The maximum atomic E-state index is 5.68. The second-order valence-electron chi connectivity index (χ2n) is 2.74. The molecule has 0 radical (unpaired) electrons. The minimum Gasteiger partial charge on any atom is -0.495 e. The third-order valence-electron chi connectivity index (χ3n) is 1.87. The SMILES string of the molecule is COc1cc(-n2nccn2)ccc1N. The molecule has 0 spiro atoms. The lowest BCUT2D eigenvalue weighted by Gasteiger charge is -2.06. The van der Waals surface area contributed by atoms with Gasteiger partial charge in [-0.15, -0.1) is 0 Å². The predicted octanol–water partition coefficient (Wildman–Crippen LogP) is 0.858. The van der Waals surface area contributed by atoms with Crippen LogP contribution in [0.25, 0.3) is 5.69 Å². The van der Waals surface area contributed by atoms with Crippen LogP contribution >= 0.6 is 0 Å². The van der Waals surface area contributed by atoms with Gasteiger partial charge in [0, 0.05) is 6.07 Å². The molecule has 14 heavy (non-hydrogen) atoms. The van der Waals surface area contributed by atoms with E-state index in [1.165, 1.54) is 4.80 Å². The fraction of sp³-hybridized carbons (Fsp3) is 0.111.